The van der Waals surface area contributed by atoms with E-state index in [1.54, 1.807) is 0 Å². The highest BCUT2D eigenvalue weighted by atomic mass is 32.2. The Morgan fingerprint density at radius 3 is 1.93 bits per heavy atom. The third kappa shape index (κ3) is 4.35. The molecule has 0 spiro atoms. The zero-order valence-electron chi connectivity index (χ0n) is 16.7. The first-order valence-electron chi connectivity index (χ1n) is 9.91. The van der Waals surface area contributed by atoms with Crippen molar-refractivity contribution in [2.45, 2.75) is 67.8 Å². The van der Waals surface area contributed by atoms with Gasteiger partial charge in [0.15, 0.2) is 0 Å². The van der Waals surface area contributed by atoms with Crippen LogP contribution >= 0.6 is 0 Å². The van der Waals surface area contributed by atoms with Crippen molar-refractivity contribution in [2.24, 2.45) is 5.92 Å². The lowest BCUT2D eigenvalue weighted by atomic mass is 10.0. The molecule has 29 heavy (non-hydrogen) atoms. The second-order valence-electron chi connectivity index (χ2n) is 7.98. The number of sulfonamides is 2. The SMILES string of the molecule is CC1CCCC(C)N1S(=O)(=O)c1ccc(S(=O)(=O)N2CCC[C@@H](C(=O)O)C2)cc1. The summed E-state index contributed by atoms with van der Waals surface area (Å²) in [6, 6.07) is 5.04. The molecule has 2 fully saturated rings. The summed E-state index contributed by atoms with van der Waals surface area (Å²) in [5.74, 6) is -1.73. The van der Waals surface area contributed by atoms with Crippen LogP contribution in [0.3, 0.4) is 0 Å². The van der Waals surface area contributed by atoms with Crippen LogP contribution in [0.4, 0.5) is 0 Å². The second kappa shape index (κ2) is 8.33. The van der Waals surface area contributed by atoms with Crippen LogP contribution in [0.5, 0.6) is 0 Å². The molecule has 1 N–H and O–H groups in total. The number of nitrogens with zero attached hydrogens (tertiary/aromatic N) is 2. The van der Waals surface area contributed by atoms with E-state index in [0.717, 1.165) is 19.3 Å². The van der Waals surface area contributed by atoms with Crippen LogP contribution in [-0.4, -0.2) is 61.7 Å². The van der Waals surface area contributed by atoms with E-state index in [9.17, 15) is 26.7 Å². The van der Waals surface area contributed by atoms with Gasteiger partial charge in [-0.25, -0.2) is 16.8 Å². The number of carboxylic acid groups (broad SMARTS) is 1. The lowest BCUT2D eigenvalue weighted by Gasteiger charge is -2.37. The van der Waals surface area contributed by atoms with Gasteiger partial charge in [-0.15, -0.1) is 0 Å². The van der Waals surface area contributed by atoms with Crippen molar-refractivity contribution in [3.05, 3.63) is 24.3 Å². The summed E-state index contributed by atoms with van der Waals surface area (Å²) in [7, 11) is -7.60. The van der Waals surface area contributed by atoms with Crippen LogP contribution in [0, 0.1) is 5.92 Å². The van der Waals surface area contributed by atoms with E-state index < -0.39 is 31.9 Å². The molecule has 2 unspecified atom stereocenters. The van der Waals surface area contributed by atoms with Crippen molar-refractivity contribution in [1.82, 2.24) is 8.61 Å². The van der Waals surface area contributed by atoms with Gasteiger partial charge < -0.3 is 5.11 Å². The van der Waals surface area contributed by atoms with Gasteiger partial charge in [-0.3, -0.25) is 4.79 Å². The third-order valence-corrected chi connectivity index (χ3v) is 9.91. The van der Waals surface area contributed by atoms with E-state index in [1.807, 2.05) is 13.8 Å². The zero-order valence-corrected chi connectivity index (χ0v) is 18.3. The van der Waals surface area contributed by atoms with E-state index in [4.69, 9.17) is 0 Å². The second-order valence-corrected chi connectivity index (χ2v) is 11.8. The molecular formula is C19H28N2O6S2. The molecule has 3 rings (SSSR count). The average molecular weight is 445 g/mol. The molecule has 10 heteroatoms. The molecule has 1 aromatic rings. The number of carbonyl (C=O) groups is 1. The number of rotatable bonds is 5. The van der Waals surface area contributed by atoms with Crippen LogP contribution in [0.25, 0.3) is 0 Å². The summed E-state index contributed by atoms with van der Waals surface area (Å²) in [5.41, 5.74) is 0. The van der Waals surface area contributed by atoms with Crippen molar-refractivity contribution < 1.29 is 26.7 Å². The molecule has 0 amide bonds. The van der Waals surface area contributed by atoms with Gasteiger partial charge in [0.05, 0.1) is 15.7 Å². The summed E-state index contributed by atoms with van der Waals surface area (Å²) in [5, 5.41) is 9.19. The highest BCUT2D eigenvalue weighted by molar-refractivity contribution is 7.89. The summed E-state index contributed by atoms with van der Waals surface area (Å²) in [6.07, 6.45) is 3.52. The fraction of sp³-hybridized carbons (Fsp3) is 0.632. The normalized spacial score (nSPS) is 27.6. The van der Waals surface area contributed by atoms with Crippen LogP contribution < -0.4 is 0 Å². The molecule has 8 nitrogen and oxygen atoms in total. The average Bonchev–Trinajstić information content (AvgIpc) is 2.68. The van der Waals surface area contributed by atoms with Gasteiger partial charge in [-0.05, 0) is 63.8 Å². The van der Waals surface area contributed by atoms with Gasteiger partial charge in [-0.2, -0.15) is 8.61 Å². The number of aliphatic carboxylic acids is 1. The minimum atomic E-state index is -3.88. The Labute approximate surface area is 172 Å². The maximum Gasteiger partial charge on any atom is 0.307 e. The predicted molar refractivity (Wildman–Crippen MR) is 107 cm³/mol. The fourth-order valence-electron chi connectivity index (χ4n) is 4.29. The molecule has 2 heterocycles. The van der Waals surface area contributed by atoms with E-state index >= 15 is 0 Å². The molecule has 3 atom stereocenters. The minimum Gasteiger partial charge on any atom is -0.481 e. The Hall–Kier alpha value is -1.49. The molecule has 2 aliphatic heterocycles. The first-order valence-corrected chi connectivity index (χ1v) is 12.8. The molecule has 1 aromatic carbocycles. The first kappa shape index (κ1) is 22.2. The zero-order chi connectivity index (χ0) is 21.4. The molecule has 2 aliphatic rings. The van der Waals surface area contributed by atoms with Gasteiger partial charge in [0.2, 0.25) is 20.0 Å². The maximum atomic E-state index is 13.1. The van der Waals surface area contributed by atoms with Crippen LogP contribution in [0.1, 0.15) is 46.0 Å². The molecule has 2 saturated heterocycles. The van der Waals surface area contributed by atoms with E-state index in [-0.39, 0.29) is 35.0 Å². The molecule has 0 radical (unpaired) electrons. The number of carboxylic acids is 1. The number of hydrogen-bond acceptors (Lipinski definition) is 5. The summed E-state index contributed by atoms with van der Waals surface area (Å²) in [6.45, 7) is 3.97. The molecule has 0 saturated carbocycles. The monoisotopic (exact) mass is 444 g/mol. The maximum absolute atomic E-state index is 13.1. The van der Waals surface area contributed by atoms with Crippen molar-refractivity contribution in [3.63, 3.8) is 0 Å². The lowest BCUT2D eigenvalue weighted by molar-refractivity contribution is -0.142. The van der Waals surface area contributed by atoms with Crippen molar-refractivity contribution in [2.75, 3.05) is 13.1 Å². The third-order valence-electron chi connectivity index (χ3n) is 5.88. The quantitative estimate of drug-likeness (QED) is 0.744. The van der Waals surface area contributed by atoms with E-state index in [1.165, 1.54) is 32.9 Å². The van der Waals surface area contributed by atoms with Gasteiger partial charge in [0, 0.05) is 25.2 Å². The van der Waals surface area contributed by atoms with Gasteiger partial charge >= 0.3 is 5.97 Å². The molecule has 0 bridgehead atoms. The predicted octanol–water partition coefficient (Wildman–Crippen LogP) is 2.12. The Morgan fingerprint density at radius 1 is 0.897 bits per heavy atom. The summed E-state index contributed by atoms with van der Waals surface area (Å²) < 4.78 is 54.7. The minimum absolute atomic E-state index is 0.0257. The summed E-state index contributed by atoms with van der Waals surface area (Å²) in [4.78, 5) is 11.3. The standard InChI is InChI=1S/C19H28N2O6S2/c1-14-5-3-6-15(2)21(14)29(26,27)18-10-8-17(9-11-18)28(24,25)20-12-4-7-16(13-20)19(22)23/h8-11,14-16H,3-7,12-13H2,1-2H3,(H,22,23)/t14?,15?,16-/m1/s1. The van der Waals surface area contributed by atoms with E-state index in [0.29, 0.717) is 12.8 Å². The largest absolute Gasteiger partial charge is 0.481 e. The van der Waals surface area contributed by atoms with Crippen LogP contribution in [-0.2, 0) is 24.8 Å². The number of hydrogen-bond donors (Lipinski definition) is 1. The van der Waals surface area contributed by atoms with Crippen LogP contribution in [0.15, 0.2) is 34.1 Å². The summed E-state index contributed by atoms with van der Waals surface area (Å²) >= 11 is 0. The fourth-order valence-corrected chi connectivity index (χ4v) is 7.69. The molecule has 0 aromatic heterocycles. The van der Waals surface area contributed by atoms with E-state index in [2.05, 4.69) is 0 Å². The highest BCUT2D eigenvalue weighted by Crippen LogP contribution is 2.30. The Bertz CT molecular complexity index is 949. The van der Waals surface area contributed by atoms with Gasteiger partial charge in [0.25, 0.3) is 0 Å². The molecular weight excluding hydrogens is 416 g/mol. The molecule has 0 aliphatic carbocycles. The van der Waals surface area contributed by atoms with Crippen molar-refractivity contribution in [3.8, 4) is 0 Å². The Morgan fingerprint density at radius 2 is 1.41 bits per heavy atom. The smallest absolute Gasteiger partial charge is 0.307 e. The Balaban J connectivity index is 1.85. The van der Waals surface area contributed by atoms with Gasteiger partial charge in [-0.1, -0.05) is 6.42 Å². The topological polar surface area (TPSA) is 112 Å². The lowest BCUT2D eigenvalue weighted by Crippen LogP contribution is -2.47. The number of benzene rings is 1. The van der Waals surface area contributed by atoms with Crippen molar-refractivity contribution in [1.29, 1.82) is 0 Å². The van der Waals surface area contributed by atoms with Gasteiger partial charge in [0.1, 0.15) is 0 Å². The van der Waals surface area contributed by atoms with Crippen molar-refractivity contribution >= 4 is 26.0 Å². The molecule has 162 valence electrons. The van der Waals surface area contributed by atoms with Crippen LogP contribution in [0.2, 0.25) is 0 Å². The Kier molecular flexibility index (Phi) is 6.38. The highest BCUT2D eigenvalue weighted by Gasteiger charge is 2.37. The number of piperidine rings is 2. The first-order chi connectivity index (χ1) is 13.5.